The van der Waals surface area contributed by atoms with Crippen molar-refractivity contribution >= 4 is 5.97 Å². The average Bonchev–Trinajstić information content (AvgIpc) is 2.27. The molecule has 1 atom stereocenters. The number of hydrogen-bond acceptors (Lipinski definition) is 5. The Morgan fingerprint density at radius 3 is 2.47 bits per heavy atom. The summed E-state index contributed by atoms with van der Waals surface area (Å²) in [5.74, 6) is -0.177. The van der Waals surface area contributed by atoms with E-state index in [0.717, 1.165) is 26.2 Å². The summed E-state index contributed by atoms with van der Waals surface area (Å²) >= 11 is 0. The van der Waals surface area contributed by atoms with E-state index in [-0.39, 0.29) is 12.0 Å². The number of likely N-dealkylation sites (N-methyl/N-ethyl adjacent to an activating group) is 1. The number of esters is 1. The van der Waals surface area contributed by atoms with Crippen LogP contribution in [0.3, 0.4) is 0 Å². The molecule has 0 aromatic heterocycles. The smallest absolute Gasteiger partial charge is 0.307 e. The molecule has 0 aromatic rings. The van der Waals surface area contributed by atoms with Crippen LogP contribution in [0.25, 0.3) is 0 Å². The minimum Gasteiger partial charge on any atom is -0.469 e. The Kier molecular flexibility index (Phi) is 5.01. The highest BCUT2D eigenvalue weighted by Gasteiger charge is 2.23. The largest absolute Gasteiger partial charge is 0.469 e. The van der Waals surface area contributed by atoms with Crippen molar-refractivity contribution in [3.05, 3.63) is 0 Å². The third kappa shape index (κ3) is 3.77. The van der Waals surface area contributed by atoms with E-state index in [0.29, 0.717) is 13.0 Å². The Morgan fingerprint density at radius 2 is 2.00 bits per heavy atom. The van der Waals surface area contributed by atoms with Crippen LogP contribution in [0.4, 0.5) is 0 Å². The summed E-state index contributed by atoms with van der Waals surface area (Å²) in [6, 6.07) is 0.131. The van der Waals surface area contributed by atoms with E-state index in [1.807, 2.05) is 0 Å². The number of rotatable bonds is 4. The molecule has 0 bridgehead atoms. The minimum atomic E-state index is -0.177. The minimum absolute atomic E-state index is 0.131. The summed E-state index contributed by atoms with van der Waals surface area (Å²) in [5, 5.41) is 0. The molecule has 0 radical (unpaired) electrons. The first-order valence-electron chi connectivity index (χ1n) is 5.37. The molecule has 88 valence electrons. The molecule has 0 amide bonds. The molecule has 1 aliphatic rings. The number of ether oxygens (including phenoxy) is 1. The third-order valence-corrected chi connectivity index (χ3v) is 2.96. The number of methoxy groups -OCH3 is 1. The first-order valence-corrected chi connectivity index (χ1v) is 5.37. The van der Waals surface area contributed by atoms with Gasteiger partial charge in [0.05, 0.1) is 13.5 Å². The number of hydrogen-bond donors (Lipinski definition) is 1. The van der Waals surface area contributed by atoms with Gasteiger partial charge in [0.2, 0.25) is 0 Å². The standard InChI is InChI=1S/C10H21N3O2/c1-12-3-5-13(6-4-12)9(8-11)7-10(14)15-2/h9H,3-8,11H2,1-2H3. The van der Waals surface area contributed by atoms with Gasteiger partial charge in [0.25, 0.3) is 0 Å². The van der Waals surface area contributed by atoms with Crippen LogP contribution < -0.4 is 5.73 Å². The number of nitrogens with zero attached hydrogens (tertiary/aromatic N) is 2. The van der Waals surface area contributed by atoms with Crippen LogP contribution in [-0.2, 0) is 9.53 Å². The van der Waals surface area contributed by atoms with Crippen LogP contribution in [0.2, 0.25) is 0 Å². The van der Waals surface area contributed by atoms with E-state index in [4.69, 9.17) is 5.73 Å². The van der Waals surface area contributed by atoms with E-state index >= 15 is 0 Å². The Balaban J connectivity index is 2.40. The maximum atomic E-state index is 11.2. The van der Waals surface area contributed by atoms with Gasteiger partial charge in [-0.25, -0.2) is 0 Å². The molecule has 1 saturated heterocycles. The van der Waals surface area contributed by atoms with Gasteiger partial charge in [-0.3, -0.25) is 9.69 Å². The van der Waals surface area contributed by atoms with Gasteiger partial charge in [-0.1, -0.05) is 0 Å². The Hall–Kier alpha value is -0.650. The highest BCUT2D eigenvalue weighted by Crippen LogP contribution is 2.08. The van der Waals surface area contributed by atoms with Crippen molar-refractivity contribution in [1.82, 2.24) is 9.80 Å². The predicted molar refractivity (Wildman–Crippen MR) is 58.5 cm³/mol. The van der Waals surface area contributed by atoms with Crippen molar-refractivity contribution in [1.29, 1.82) is 0 Å². The van der Waals surface area contributed by atoms with Gasteiger partial charge < -0.3 is 15.4 Å². The van der Waals surface area contributed by atoms with Gasteiger partial charge in [-0.2, -0.15) is 0 Å². The SMILES string of the molecule is COC(=O)CC(CN)N1CCN(C)CC1. The number of carbonyl (C=O) groups is 1. The van der Waals surface area contributed by atoms with E-state index in [1.165, 1.54) is 7.11 Å². The second-order valence-corrected chi connectivity index (χ2v) is 4.01. The van der Waals surface area contributed by atoms with Crippen LogP contribution in [0.1, 0.15) is 6.42 Å². The fraction of sp³-hybridized carbons (Fsp3) is 0.900. The molecule has 1 fully saturated rings. The predicted octanol–water partition coefficient (Wildman–Crippen LogP) is -0.876. The molecule has 0 aromatic carbocycles. The van der Waals surface area contributed by atoms with Crippen molar-refractivity contribution < 1.29 is 9.53 Å². The van der Waals surface area contributed by atoms with Gasteiger partial charge in [0.15, 0.2) is 0 Å². The highest BCUT2D eigenvalue weighted by atomic mass is 16.5. The van der Waals surface area contributed by atoms with Crippen LogP contribution in [0.15, 0.2) is 0 Å². The summed E-state index contributed by atoms with van der Waals surface area (Å²) in [4.78, 5) is 15.7. The molecular weight excluding hydrogens is 194 g/mol. The van der Waals surface area contributed by atoms with Crippen molar-refractivity contribution in [2.45, 2.75) is 12.5 Å². The maximum Gasteiger partial charge on any atom is 0.307 e. The lowest BCUT2D eigenvalue weighted by Gasteiger charge is -2.37. The van der Waals surface area contributed by atoms with Crippen LogP contribution in [-0.4, -0.2) is 68.7 Å². The van der Waals surface area contributed by atoms with Crippen LogP contribution >= 0.6 is 0 Å². The highest BCUT2D eigenvalue weighted by molar-refractivity contribution is 5.69. The maximum absolute atomic E-state index is 11.2. The van der Waals surface area contributed by atoms with Gasteiger partial charge in [-0.05, 0) is 7.05 Å². The molecule has 1 rings (SSSR count). The molecule has 1 unspecified atom stereocenters. The van der Waals surface area contributed by atoms with E-state index in [2.05, 4.69) is 21.6 Å². The first kappa shape index (κ1) is 12.4. The zero-order valence-corrected chi connectivity index (χ0v) is 9.61. The molecule has 1 heterocycles. The van der Waals surface area contributed by atoms with Gasteiger partial charge >= 0.3 is 5.97 Å². The van der Waals surface area contributed by atoms with Gasteiger partial charge in [0.1, 0.15) is 0 Å². The summed E-state index contributed by atoms with van der Waals surface area (Å²) in [7, 11) is 3.52. The Bertz CT molecular complexity index is 203. The fourth-order valence-electron chi connectivity index (χ4n) is 1.82. The average molecular weight is 215 g/mol. The molecule has 0 saturated carbocycles. The first-order chi connectivity index (χ1) is 7.17. The second-order valence-electron chi connectivity index (χ2n) is 4.01. The molecule has 1 aliphatic heterocycles. The second kappa shape index (κ2) is 6.05. The molecule has 5 nitrogen and oxygen atoms in total. The Morgan fingerprint density at radius 1 is 1.40 bits per heavy atom. The van der Waals surface area contributed by atoms with Crippen molar-refractivity contribution in [2.75, 3.05) is 46.9 Å². The third-order valence-electron chi connectivity index (χ3n) is 2.96. The molecule has 2 N–H and O–H groups in total. The zero-order valence-electron chi connectivity index (χ0n) is 9.61. The summed E-state index contributed by atoms with van der Waals surface area (Å²) in [6.45, 7) is 4.55. The van der Waals surface area contributed by atoms with Crippen molar-refractivity contribution in [3.8, 4) is 0 Å². The number of piperazine rings is 1. The zero-order chi connectivity index (χ0) is 11.3. The lowest BCUT2D eigenvalue weighted by molar-refractivity contribution is -0.142. The van der Waals surface area contributed by atoms with E-state index in [1.54, 1.807) is 0 Å². The van der Waals surface area contributed by atoms with Crippen LogP contribution in [0.5, 0.6) is 0 Å². The lowest BCUT2D eigenvalue weighted by Crippen LogP contribution is -2.51. The van der Waals surface area contributed by atoms with Crippen molar-refractivity contribution in [3.63, 3.8) is 0 Å². The summed E-state index contributed by atoms with van der Waals surface area (Å²) < 4.78 is 4.66. The molecule has 5 heteroatoms. The lowest BCUT2D eigenvalue weighted by atomic mass is 10.1. The fourth-order valence-corrected chi connectivity index (χ4v) is 1.82. The molecular formula is C10H21N3O2. The summed E-state index contributed by atoms with van der Waals surface area (Å²) in [6.07, 6.45) is 0.400. The molecule has 15 heavy (non-hydrogen) atoms. The van der Waals surface area contributed by atoms with Crippen LogP contribution in [0, 0.1) is 0 Å². The number of nitrogens with two attached hydrogens (primary N) is 1. The summed E-state index contributed by atoms with van der Waals surface area (Å²) in [5.41, 5.74) is 5.68. The van der Waals surface area contributed by atoms with Gasteiger partial charge in [0, 0.05) is 38.8 Å². The molecule has 0 aliphatic carbocycles. The molecule has 0 spiro atoms. The number of carbonyl (C=O) groups excluding carboxylic acids is 1. The quantitative estimate of drug-likeness (QED) is 0.617. The normalized spacial score (nSPS) is 21.3. The monoisotopic (exact) mass is 215 g/mol. The topological polar surface area (TPSA) is 58.8 Å². The van der Waals surface area contributed by atoms with Crippen molar-refractivity contribution in [2.24, 2.45) is 5.73 Å². The van der Waals surface area contributed by atoms with E-state index < -0.39 is 0 Å². The van der Waals surface area contributed by atoms with E-state index in [9.17, 15) is 4.79 Å². The Labute approximate surface area is 91.2 Å². The van der Waals surface area contributed by atoms with Gasteiger partial charge in [-0.15, -0.1) is 0 Å².